The molecule has 0 spiro atoms. The molecule has 0 heterocycles. The fourth-order valence-corrected chi connectivity index (χ4v) is 4.97. The molecule has 1 aliphatic rings. The summed E-state index contributed by atoms with van der Waals surface area (Å²) in [5.41, 5.74) is 0.803. The van der Waals surface area contributed by atoms with E-state index in [-0.39, 0.29) is 30.2 Å². The van der Waals surface area contributed by atoms with Gasteiger partial charge in [-0.1, -0.05) is 43.5 Å². The van der Waals surface area contributed by atoms with Crippen LogP contribution < -0.4 is 5.32 Å². The van der Waals surface area contributed by atoms with Crippen LogP contribution in [0.5, 0.6) is 0 Å². The van der Waals surface area contributed by atoms with Gasteiger partial charge in [-0.15, -0.1) is 11.8 Å². The zero-order valence-electron chi connectivity index (χ0n) is 18.4. The third-order valence-electron chi connectivity index (χ3n) is 5.75. The summed E-state index contributed by atoms with van der Waals surface area (Å²) in [6, 6.07) is 13.3. The zero-order valence-corrected chi connectivity index (χ0v) is 19.9. The van der Waals surface area contributed by atoms with Gasteiger partial charge in [-0.25, -0.2) is 4.39 Å². The summed E-state index contributed by atoms with van der Waals surface area (Å²) in [6.45, 7) is 2.20. The normalized spacial score (nSPS) is 14.8. The van der Waals surface area contributed by atoms with Crippen molar-refractivity contribution in [3.05, 3.63) is 64.9 Å². The van der Waals surface area contributed by atoms with Crippen molar-refractivity contribution in [2.24, 2.45) is 0 Å². The quantitative estimate of drug-likeness (QED) is 0.439. The van der Waals surface area contributed by atoms with Gasteiger partial charge in [-0.3, -0.25) is 9.59 Å². The van der Waals surface area contributed by atoms with Crippen LogP contribution in [0.2, 0.25) is 5.02 Å². The van der Waals surface area contributed by atoms with Gasteiger partial charge >= 0.3 is 0 Å². The molecule has 2 aromatic rings. The minimum Gasteiger partial charge on any atom is -0.352 e. The lowest BCUT2D eigenvalue weighted by molar-refractivity contribution is -0.141. The van der Waals surface area contributed by atoms with Gasteiger partial charge in [0.05, 0.1) is 0 Å². The molecule has 7 heteroatoms. The molecular weight excluding hydrogens is 447 g/mol. The van der Waals surface area contributed by atoms with Gasteiger partial charge in [0.1, 0.15) is 11.9 Å². The van der Waals surface area contributed by atoms with Crippen LogP contribution in [-0.2, 0) is 16.1 Å². The van der Waals surface area contributed by atoms with Crippen LogP contribution in [0.25, 0.3) is 0 Å². The maximum Gasteiger partial charge on any atom is 0.243 e. The fourth-order valence-electron chi connectivity index (χ4n) is 4.00. The number of rotatable bonds is 10. The molecule has 32 heavy (non-hydrogen) atoms. The van der Waals surface area contributed by atoms with Gasteiger partial charge in [0, 0.05) is 34.7 Å². The standard InChI is InChI=1S/C25H30ClFN2O2S/c1-2-23(25(31)28-21-5-3-4-6-21)29(17-18-7-11-20(27)12-8-18)24(30)15-16-32-22-13-9-19(26)10-14-22/h7-14,21,23H,2-6,15-17H2,1H3,(H,28,31). The molecule has 1 atom stereocenters. The molecule has 3 rings (SSSR count). The minimum absolute atomic E-state index is 0.0794. The van der Waals surface area contributed by atoms with Gasteiger partial charge in [-0.05, 0) is 61.2 Å². The molecule has 1 unspecified atom stereocenters. The van der Waals surface area contributed by atoms with E-state index in [1.807, 2.05) is 31.2 Å². The van der Waals surface area contributed by atoms with Gasteiger partial charge in [0.15, 0.2) is 0 Å². The molecule has 172 valence electrons. The summed E-state index contributed by atoms with van der Waals surface area (Å²) in [6.07, 6.45) is 5.07. The van der Waals surface area contributed by atoms with Crippen LogP contribution in [-0.4, -0.2) is 34.6 Å². The molecule has 4 nitrogen and oxygen atoms in total. The second-order valence-corrected chi connectivity index (χ2v) is 9.72. The van der Waals surface area contributed by atoms with E-state index < -0.39 is 6.04 Å². The smallest absolute Gasteiger partial charge is 0.243 e. The van der Waals surface area contributed by atoms with Gasteiger partial charge in [-0.2, -0.15) is 0 Å². The first-order valence-electron chi connectivity index (χ1n) is 11.2. The van der Waals surface area contributed by atoms with Crippen molar-refractivity contribution in [3.8, 4) is 0 Å². The Hall–Kier alpha value is -2.05. The number of nitrogens with zero attached hydrogens (tertiary/aromatic N) is 1. The van der Waals surface area contributed by atoms with Crippen LogP contribution in [0.1, 0.15) is 51.0 Å². The van der Waals surface area contributed by atoms with E-state index in [4.69, 9.17) is 11.6 Å². The van der Waals surface area contributed by atoms with E-state index in [9.17, 15) is 14.0 Å². The number of carbonyl (C=O) groups is 2. The number of hydrogen-bond donors (Lipinski definition) is 1. The Morgan fingerprint density at radius 1 is 1.12 bits per heavy atom. The van der Waals surface area contributed by atoms with Gasteiger partial charge in [0.2, 0.25) is 11.8 Å². The first-order chi connectivity index (χ1) is 15.5. The SMILES string of the molecule is CCC(C(=O)NC1CCCC1)N(Cc1ccc(F)cc1)C(=O)CCSc1ccc(Cl)cc1. The molecule has 0 saturated heterocycles. The summed E-state index contributed by atoms with van der Waals surface area (Å²) in [7, 11) is 0. The van der Waals surface area contributed by atoms with E-state index in [1.54, 1.807) is 28.8 Å². The van der Waals surface area contributed by atoms with Crippen LogP contribution in [0.4, 0.5) is 4.39 Å². The maximum atomic E-state index is 13.4. The summed E-state index contributed by atoms with van der Waals surface area (Å²) >= 11 is 7.52. The fraction of sp³-hybridized carbons (Fsp3) is 0.440. The van der Waals surface area contributed by atoms with E-state index in [2.05, 4.69) is 5.32 Å². The second-order valence-electron chi connectivity index (χ2n) is 8.11. The Morgan fingerprint density at radius 2 is 1.78 bits per heavy atom. The summed E-state index contributed by atoms with van der Waals surface area (Å²) in [4.78, 5) is 29.0. The predicted octanol–water partition coefficient (Wildman–Crippen LogP) is 5.83. The van der Waals surface area contributed by atoms with Crippen molar-refractivity contribution in [1.29, 1.82) is 0 Å². The number of carbonyl (C=O) groups excluding carboxylic acids is 2. The summed E-state index contributed by atoms with van der Waals surface area (Å²) in [5.74, 6) is 0.0996. The lowest BCUT2D eigenvalue weighted by Gasteiger charge is -2.31. The second kappa shape index (κ2) is 12.3. The highest BCUT2D eigenvalue weighted by molar-refractivity contribution is 7.99. The van der Waals surface area contributed by atoms with Crippen molar-refractivity contribution < 1.29 is 14.0 Å². The van der Waals surface area contributed by atoms with Crippen molar-refractivity contribution in [2.45, 2.75) is 69.0 Å². The molecule has 0 bridgehead atoms. The van der Waals surface area contributed by atoms with E-state index in [1.165, 1.54) is 12.1 Å². The molecule has 1 aliphatic carbocycles. The average Bonchev–Trinajstić information content (AvgIpc) is 3.29. The molecule has 2 amide bonds. The lowest BCUT2D eigenvalue weighted by Crippen LogP contribution is -2.51. The third kappa shape index (κ3) is 7.24. The Labute approximate surface area is 198 Å². The molecular formula is C25H30ClFN2O2S. The van der Waals surface area contributed by atoms with E-state index in [0.29, 0.717) is 23.6 Å². The number of benzene rings is 2. The Bertz CT molecular complexity index is 886. The van der Waals surface area contributed by atoms with Crippen molar-refractivity contribution in [3.63, 3.8) is 0 Å². The third-order valence-corrected chi connectivity index (χ3v) is 7.02. The van der Waals surface area contributed by atoms with Crippen molar-refractivity contribution >= 4 is 35.2 Å². The number of nitrogens with one attached hydrogen (secondary N) is 1. The van der Waals surface area contributed by atoms with Gasteiger partial charge < -0.3 is 10.2 Å². The Kier molecular flexibility index (Phi) is 9.42. The highest BCUT2D eigenvalue weighted by Gasteiger charge is 2.30. The van der Waals surface area contributed by atoms with Crippen LogP contribution in [0, 0.1) is 5.82 Å². The summed E-state index contributed by atoms with van der Waals surface area (Å²) in [5, 5.41) is 3.81. The number of hydrogen-bond acceptors (Lipinski definition) is 3. The first-order valence-corrected chi connectivity index (χ1v) is 12.5. The predicted molar refractivity (Wildman–Crippen MR) is 128 cm³/mol. The number of thioether (sulfide) groups is 1. The Morgan fingerprint density at radius 3 is 2.41 bits per heavy atom. The van der Waals surface area contributed by atoms with Crippen LogP contribution in [0.15, 0.2) is 53.4 Å². The molecule has 1 N–H and O–H groups in total. The van der Waals surface area contributed by atoms with Gasteiger partial charge in [0.25, 0.3) is 0 Å². The van der Waals surface area contributed by atoms with E-state index in [0.717, 1.165) is 36.1 Å². The molecule has 1 saturated carbocycles. The molecule has 0 aliphatic heterocycles. The van der Waals surface area contributed by atoms with Crippen LogP contribution in [0.3, 0.4) is 0 Å². The van der Waals surface area contributed by atoms with Crippen LogP contribution >= 0.6 is 23.4 Å². The zero-order chi connectivity index (χ0) is 22.9. The average molecular weight is 477 g/mol. The molecule has 1 fully saturated rings. The maximum absolute atomic E-state index is 13.4. The Balaban J connectivity index is 1.68. The van der Waals surface area contributed by atoms with Crippen molar-refractivity contribution in [2.75, 3.05) is 5.75 Å². The largest absolute Gasteiger partial charge is 0.352 e. The lowest BCUT2D eigenvalue weighted by atomic mass is 10.1. The summed E-state index contributed by atoms with van der Waals surface area (Å²) < 4.78 is 13.4. The molecule has 0 radical (unpaired) electrons. The number of amides is 2. The highest BCUT2D eigenvalue weighted by atomic mass is 35.5. The van der Waals surface area contributed by atoms with Crippen molar-refractivity contribution in [1.82, 2.24) is 10.2 Å². The highest BCUT2D eigenvalue weighted by Crippen LogP contribution is 2.23. The van der Waals surface area contributed by atoms with E-state index >= 15 is 0 Å². The molecule has 0 aromatic heterocycles. The first kappa shape index (κ1) is 24.6. The number of halogens is 2. The minimum atomic E-state index is -0.548. The topological polar surface area (TPSA) is 49.4 Å². The monoisotopic (exact) mass is 476 g/mol. The molecule has 2 aromatic carbocycles.